The van der Waals surface area contributed by atoms with Crippen molar-refractivity contribution in [3.63, 3.8) is 0 Å². The number of halogens is 1. The number of hydrogen-bond acceptors (Lipinski definition) is 2. The van der Waals surface area contributed by atoms with Gasteiger partial charge < -0.3 is 15.4 Å². The molecule has 22 heavy (non-hydrogen) atoms. The van der Waals surface area contributed by atoms with Gasteiger partial charge in [0.15, 0.2) is 0 Å². The third-order valence-electron chi connectivity index (χ3n) is 3.49. The van der Waals surface area contributed by atoms with Gasteiger partial charge in [0.1, 0.15) is 5.69 Å². The summed E-state index contributed by atoms with van der Waals surface area (Å²) in [6, 6.07) is 14.7. The first-order valence-corrected chi connectivity index (χ1v) is 7.28. The van der Waals surface area contributed by atoms with Gasteiger partial charge in [-0.3, -0.25) is 4.79 Å². The molecule has 0 atom stereocenters. The van der Waals surface area contributed by atoms with E-state index in [-0.39, 0.29) is 12.5 Å². The lowest BCUT2D eigenvalue weighted by Crippen LogP contribution is -2.23. The van der Waals surface area contributed by atoms with Gasteiger partial charge in [0.2, 0.25) is 0 Å². The molecular weight excluding hydrogens is 300 g/mol. The molecule has 2 aromatic carbocycles. The summed E-state index contributed by atoms with van der Waals surface area (Å²) >= 11 is 5.94. The zero-order valence-corrected chi connectivity index (χ0v) is 12.5. The van der Waals surface area contributed by atoms with Gasteiger partial charge >= 0.3 is 0 Å². The number of fused-ring (bicyclic) bond motifs is 1. The average Bonchev–Trinajstić information content (AvgIpc) is 2.96. The van der Waals surface area contributed by atoms with Crippen LogP contribution >= 0.6 is 11.6 Å². The molecule has 3 N–H and O–H groups in total. The number of benzene rings is 2. The molecule has 0 fully saturated rings. The summed E-state index contributed by atoms with van der Waals surface area (Å²) in [5, 5.41) is 13.4. The third-order valence-corrected chi connectivity index (χ3v) is 3.72. The van der Waals surface area contributed by atoms with E-state index >= 15 is 0 Å². The number of aliphatic hydroxyl groups is 1. The van der Waals surface area contributed by atoms with Gasteiger partial charge in [0, 0.05) is 22.5 Å². The van der Waals surface area contributed by atoms with Crippen molar-refractivity contribution >= 4 is 28.4 Å². The van der Waals surface area contributed by atoms with E-state index < -0.39 is 0 Å². The fraction of sp³-hybridized carbons (Fsp3) is 0.118. The molecule has 3 rings (SSSR count). The number of carbonyl (C=O) groups excluding carboxylic acids is 1. The Balaban J connectivity index is 1.69. The quantitative estimate of drug-likeness (QED) is 0.692. The van der Waals surface area contributed by atoms with Crippen molar-refractivity contribution < 1.29 is 9.90 Å². The van der Waals surface area contributed by atoms with E-state index in [9.17, 15) is 4.79 Å². The summed E-state index contributed by atoms with van der Waals surface area (Å²) in [5.74, 6) is -0.168. The van der Waals surface area contributed by atoms with E-state index in [0.29, 0.717) is 17.3 Å². The predicted molar refractivity (Wildman–Crippen MR) is 86.8 cm³/mol. The van der Waals surface area contributed by atoms with E-state index in [0.717, 1.165) is 22.0 Å². The molecule has 0 saturated heterocycles. The zero-order valence-electron chi connectivity index (χ0n) is 11.8. The minimum atomic E-state index is -0.168. The zero-order chi connectivity index (χ0) is 15.5. The van der Waals surface area contributed by atoms with Crippen molar-refractivity contribution in [1.29, 1.82) is 0 Å². The number of H-pyrrole nitrogens is 1. The van der Waals surface area contributed by atoms with Gasteiger partial charge in [0.05, 0.1) is 6.61 Å². The number of carbonyl (C=O) groups is 1. The largest absolute Gasteiger partial charge is 0.392 e. The molecule has 112 valence electrons. The van der Waals surface area contributed by atoms with Crippen molar-refractivity contribution in [2.75, 3.05) is 0 Å². The summed E-state index contributed by atoms with van der Waals surface area (Å²) in [7, 11) is 0. The van der Waals surface area contributed by atoms with Gasteiger partial charge in [-0.2, -0.15) is 0 Å². The van der Waals surface area contributed by atoms with Crippen LogP contribution in [0, 0.1) is 0 Å². The summed E-state index contributed by atoms with van der Waals surface area (Å²) < 4.78 is 0. The highest BCUT2D eigenvalue weighted by Crippen LogP contribution is 2.20. The maximum absolute atomic E-state index is 12.2. The molecule has 0 saturated carbocycles. The van der Waals surface area contributed by atoms with Crippen molar-refractivity contribution in [1.82, 2.24) is 10.3 Å². The molecule has 0 aliphatic rings. The Morgan fingerprint density at radius 1 is 1.09 bits per heavy atom. The molecule has 0 spiro atoms. The van der Waals surface area contributed by atoms with Crippen LogP contribution < -0.4 is 5.32 Å². The normalized spacial score (nSPS) is 10.8. The average molecular weight is 315 g/mol. The second-order valence-corrected chi connectivity index (χ2v) is 5.51. The standard InChI is InChI=1S/C17H15ClN2O2/c18-14-5-6-15-13(7-14)8-16(20-15)17(22)19-9-11-1-3-12(10-21)4-2-11/h1-8,20-21H,9-10H2,(H,19,22). The molecule has 4 nitrogen and oxygen atoms in total. The smallest absolute Gasteiger partial charge is 0.267 e. The van der Waals surface area contributed by atoms with Crippen LogP contribution in [0.3, 0.4) is 0 Å². The number of nitrogens with one attached hydrogen (secondary N) is 2. The highest BCUT2D eigenvalue weighted by Gasteiger charge is 2.09. The van der Waals surface area contributed by atoms with Crippen LogP contribution in [0.1, 0.15) is 21.6 Å². The molecule has 5 heteroatoms. The van der Waals surface area contributed by atoms with Crippen LogP contribution in [0.5, 0.6) is 0 Å². The third kappa shape index (κ3) is 3.13. The van der Waals surface area contributed by atoms with E-state index in [1.54, 1.807) is 12.1 Å². The predicted octanol–water partition coefficient (Wildman–Crippen LogP) is 3.24. The van der Waals surface area contributed by atoms with E-state index in [1.807, 2.05) is 36.4 Å². The van der Waals surface area contributed by atoms with E-state index in [2.05, 4.69) is 10.3 Å². The van der Waals surface area contributed by atoms with Gasteiger partial charge in [0.25, 0.3) is 5.91 Å². The fourth-order valence-electron chi connectivity index (χ4n) is 2.27. The molecular formula is C17H15ClN2O2. The maximum atomic E-state index is 12.2. The van der Waals surface area contributed by atoms with Crippen molar-refractivity contribution in [2.24, 2.45) is 0 Å². The topological polar surface area (TPSA) is 65.1 Å². The van der Waals surface area contributed by atoms with Crippen LogP contribution in [-0.2, 0) is 13.2 Å². The first kappa shape index (κ1) is 14.6. The lowest BCUT2D eigenvalue weighted by molar-refractivity contribution is 0.0946. The van der Waals surface area contributed by atoms with Crippen LogP contribution in [0.4, 0.5) is 0 Å². The van der Waals surface area contributed by atoms with Crippen LogP contribution in [0.2, 0.25) is 5.02 Å². The Morgan fingerprint density at radius 2 is 1.82 bits per heavy atom. The van der Waals surface area contributed by atoms with Gasteiger partial charge in [-0.05, 0) is 35.4 Å². The summed E-state index contributed by atoms with van der Waals surface area (Å²) in [6.07, 6.45) is 0. The molecule has 0 bridgehead atoms. The van der Waals surface area contributed by atoms with Gasteiger partial charge in [-0.25, -0.2) is 0 Å². The number of aromatic nitrogens is 1. The van der Waals surface area contributed by atoms with Crippen molar-refractivity contribution in [3.05, 3.63) is 70.4 Å². The fourth-order valence-corrected chi connectivity index (χ4v) is 2.45. The molecule has 1 heterocycles. The molecule has 1 aromatic heterocycles. The molecule has 0 unspecified atom stereocenters. The summed E-state index contributed by atoms with van der Waals surface area (Å²) in [5.41, 5.74) is 3.21. The first-order valence-electron chi connectivity index (χ1n) is 6.91. The summed E-state index contributed by atoms with van der Waals surface area (Å²) in [6.45, 7) is 0.449. The minimum absolute atomic E-state index is 0.0181. The van der Waals surface area contributed by atoms with Gasteiger partial charge in [-0.15, -0.1) is 0 Å². The lowest BCUT2D eigenvalue weighted by Gasteiger charge is -2.04. The second kappa shape index (κ2) is 6.22. The number of hydrogen-bond donors (Lipinski definition) is 3. The Morgan fingerprint density at radius 3 is 2.55 bits per heavy atom. The van der Waals surface area contributed by atoms with Crippen LogP contribution in [-0.4, -0.2) is 16.0 Å². The molecule has 0 radical (unpaired) electrons. The Labute approximate surface area is 132 Å². The highest BCUT2D eigenvalue weighted by molar-refractivity contribution is 6.31. The van der Waals surface area contributed by atoms with Crippen LogP contribution in [0.25, 0.3) is 10.9 Å². The van der Waals surface area contributed by atoms with E-state index in [4.69, 9.17) is 16.7 Å². The van der Waals surface area contributed by atoms with E-state index in [1.165, 1.54) is 0 Å². The number of rotatable bonds is 4. The number of aliphatic hydroxyl groups excluding tert-OH is 1. The van der Waals surface area contributed by atoms with Crippen LogP contribution in [0.15, 0.2) is 48.5 Å². The molecule has 3 aromatic rings. The molecule has 0 aliphatic carbocycles. The SMILES string of the molecule is O=C(NCc1ccc(CO)cc1)c1cc2cc(Cl)ccc2[nH]1. The highest BCUT2D eigenvalue weighted by atomic mass is 35.5. The number of amides is 1. The van der Waals surface area contributed by atoms with Crippen molar-refractivity contribution in [3.8, 4) is 0 Å². The summed E-state index contributed by atoms with van der Waals surface area (Å²) in [4.78, 5) is 15.3. The molecule has 1 amide bonds. The molecule has 0 aliphatic heterocycles. The Hall–Kier alpha value is -2.30. The maximum Gasteiger partial charge on any atom is 0.267 e. The first-order chi connectivity index (χ1) is 10.7. The Kier molecular flexibility index (Phi) is 4.13. The van der Waals surface area contributed by atoms with Gasteiger partial charge in [-0.1, -0.05) is 35.9 Å². The monoisotopic (exact) mass is 314 g/mol. The second-order valence-electron chi connectivity index (χ2n) is 5.07. The minimum Gasteiger partial charge on any atom is -0.392 e. The Bertz CT molecular complexity index is 809. The van der Waals surface area contributed by atoms with Crippen molar-refractivity contribution in [2.45, 2.75) is 13.2 Å². The lowest BCUT2D eigenvalue weighted by atomic mass is 10.1. The number of aromatic amines is 1.